The SMILES string of the molecule is C=C(C(=O)O)C1CCN(C(C)C)C1. The molecule has 0 bridgehead atoms. The van der Waals surface area contributed by atoms with Crippen LogP contribution in [0.5, 0.6) is 0 Å². The van der Waals surface area contributed by atoms with E-state index in [1.54, 1.807) is 0 Å². The maximum Gasteiger partial charge on any atom is 0.331 e. The molecule has 1 aliphatic rings. The zero-order chi connectivity index (χ0) is 10.0. The fourth-order valence-corrected chi connectivity index (χ4v) is 1.72. The van der Waals surface area contributed by atoms with Gasteiger partial charge in [0.15, 0.2) is 0 Å². The summed E-state index contributed by atoms with van der Waals surface area (Å²) in [6.07, 6.45) is 0.934. The highest BCUT2D eigenvalue weighted by atomic mass is 16.4. The summed E-state index contributed by atoms with van der Waals surface area (Å²) in [6, 6.07) is 0.506. The predicted molar refractivity (Wildman–Crippen MR) is 51.6 cm³/mol. The first-order valence-electron chi connectivity index (χ1n) is 4.68. The average Bonchev–Trinajstić information content (AvgIpc) is 2.50. The third kappa shape index (κ3) is 2.31. The van der Waals surface area contributed by atoms with E-state index >= 15 is 0 Å². The Balaban J connectivity index is 2.50. The van der Waals surface area contributed by atoms with Gasteiger partial charge in [-0.05, 0) is 26.8 Å². The number of carbonyl (C=O) groups is 1. The fourth-order valence-electron chi connectivity index (χ4n) is 1.72. The molecule has 0 aliphatic carbocycles. The zero-order valence-electron chi connectivity index (χ0n) is 8.29. The summed E-state index contributed by atoms with van der Waals surface area (Å²) in [4.78, 5) is 12.9. The summed E-state index contributed by atoms with van der Waals surface area (Å²) >= 11 is 0. The summed E-state index contributed by atoms with van der Waals surface area (Å²) in [5.41, 5.74) is 0.364. The maximum absolute atomic E-state index is 10.6. The second-order valence-corrected chi connectivity index (χ2v) is 3.90. The van der Waals surface area contributed by atoms with Crippen molar-refractivity contribution in [2.45, 2.75) is 26.3 Å². The van der Waals surface area contributed by atoms with Gasteiger partial charge in [0.2, 0.25) is 0 Å². The molecule has 1 heterocycles. The van der Waals surface area contributed by atoms with Gasteiger partial charge in [-0.2, -0.15) is 0 Å². The van der Waals surface area contributed by atoms with Crippen LogP contribution in [0.3, 0.4) is 0 Å². The van der Waals surface area contributed by atoms with Crippen LogP contribution in [0.25, 0.3) is 0 Å². The molecule has 3 nitrogen and oxygen atoms in total. The van der Waals surface area contributed by atoms with Gasteiger partial charge in [-0.25, -0.2) is 4.79 Å². The minimum absolute atomic E-state index is 0.153. The molecule has 1 saturated heterocycles. The molecule has 1 rings (SSSR count). The zero-order valence-corrected chi connectivity index (χ0v) is 8.29. The molecule has 13 heavy (non-hydrogen) atoms. The molecule has 0 spiro atoms. The molecular weight excluding hydrogens is 166 g/mol. The topological polar surface area (TPSA) is 40.5 Å². The van der Waals surface area contributed by atoms with Gasteiger partial charge in [-0.1, -0.05) is 6.58 Å². The molecule has 0 aromatic rings. The molecule has 0 amide bonds. The molecule has 3 heteroatoms. The van der Waals surface area contributed by atoms with Crippen molar-refractivity contribution in [3.05, 3.63) is 12.2 Å². The lowest BCUT2D eigenvalue weighted by Gasteiger charge is -2.20. The summed E-state index contributed by atoms with van der Waals surface area (Å²) in [5.74, 6) is -0.699. The first-order chi connectivity index (χ1) is 6.02. The minimum Gasteiger partial charge on any atom is -0.478 e. The molecule has 1 atom stereocenters. The van der Waals surface area contributed by atoms with Crippen molar-refractivity contribution >= 4 is 5.97 Å². The number of carboxylic acids is 1. The van der Waals surface area contributed by atoms with E-state index in [1.165, 1.54) is 0 Å². The monoisotopic (exact) mass is 183 g/mol. The van der Waals surface area contributed by atoms with Gasteiger partial charge in [-0.15, -0.1) is 0 Å². The Morgan fingerprint density at radius 1 is 1.62 bits per heavy atom. The predicted octanol–water partition coefficient (Wildman–Crippen LogP) is 1.36. The van der Waals surface area contributed by atoms with E-state index < -0.39 is 5.97 Å². The Morgan fingerprint density at radius 2 is 2.23 bits per heavy atom. The Labute approximate surface area is 79.0 Å². The van der Waals surface area contributed by atoms with Crippen LogP contribution in [0.2, 0.25) is 0 Å². The first-order valence-corrected chi connectivity index (χ1v) is 4.68. The standard InChI is InChI=1S/C10H17NO2/c1-7(2)11-5-4-9(6-11)8(3)10(12)13/h7,9H,3-6H2,1-2H3,(H,12,13). The highest BCUT2D eigenvalue weighted by molar-refractivity contribution is 5.86. The second kappa shape index (κ2) is 3.92. The van der Waals surface area contributed by atoms with Crippen LogP contribution in [-0.2, 0) is 4.79 Å². The van der Waals surface area contributed by atoms with Crippen molar-refractivity contribution in [3.8, 4) is 0 Å². The molecule has 74 valence electrons. The van der Waals surface area contributed by atoms with Gasteiger partial charge in [0, 0.05) is 24.1 Å². The van der Waals surface area contributed by atoms with Crippen LogP contribution in [0.4, 0.5) is 0 Å². The molecule has 0 radical (unpaired) electrons. The van der Waals surface area contributed by atoms with Crippen LogP contribution >= 0.6 is 0 Å². The number of hydrogen-bond acceptors (Lipinski definition) is 2. The van der Waals surface area contributed by atoms with E-state index in [0.29, 0.717) is 11.6 Å². The molecule has 1 fully saturated rings. The number of rotatable bonds is 3. The van der Waals surface area contributed by atoms with Gasteiger partial charge >= 0.3 is 5.97 Å². The Kier molecular flexibility index (Phi) is 3.09. The maximum atomic E-state index is 10.6. The Hall–Kier alpha value is -0.830. The molecule has 0 aromatic heterocycles. The summed E-state index contributed by atoms with van der Waals surface area (Å²) in [7, 11) is 0. The molecule has 0 saturated carbocycles. The van der Waals surface area contributed by atoms with Crippen LogP contribution in [0, 0.1) is 5.92 Å². The van der Waals surface area contributed by atoms with Crippen LogP contribution in [0.15, 0.2) is 12.2 Å². The first kappa shape index (κ1) is 10.3. The fraction of sp³-hybridized carbons (Fsp3) is 0.700. The average molecular weight is 183 g/mol. The van der Waals surface area contributed by atoms with Crippen LogP contribution in [0.1, 0.15) is 20.3 Å². The lowest BCUT2D eigenvalue weighted by Crippen LogP contribution is -2.28. The lowest BCUT2D eigenvalue weighted by molar-refractivity contribution is -0.133. The summed E-state index contributed by atoms with van der Waals surface area (Å²) in [5, 5.41) is 8.75. The van der Waals surface area contributed by atoms with Crippen molar-refractivity contribution < 1.29 is 9.90 Å². The van der Waals surface area contributed by atoms with E-state index in [0.717, 1.165) is 19.5 Å². The number of hydrogen-bond donors (Lipinski definition) is 1. The highest BCUT2D eigenvalue weighted by Crippen LogP contribution is 2.24. The molecule has 0 aromatic carbocycles. The number of aliphatic carboxylic acids is 1. The normalized spacial score (nSPS) is 23.8. The quantitative estimate of drug-likeness (QED) is 0.671. The smallest absolute Gasteiger partial charge is 0.331 e. The van der Waals surface area contributed by atoms with E-state index in [4.69, 9.17) is 5.11 Å². The van der Waals surface area contributed by atoms with Gasteiger partial charge in [0.25, 0.3) is 0 Å². The van der Waals surface area contributed by atoms with E-state index in [1.807, 2.05) is 0 Å². The van der Waals surface area contributed by atoms with Gasteiger partial charge in [-0.3, -0.25) is 0 Å². The van der Waals surface area contributed by atoms with Gasteiger partial charge in [0.1, 0.15) is 0 Å². The number of likely N-dealkylation sites (tertiary alicyclic amines) is 1. The van der Waals surface area contributed by atoms with Gasteiger partial charge in [0.05, 0.1) is 0 Å². The van der Waals surface area contributed by atoms with Crippen molar-refractivity contribution in [2.75, 3.05) is 13.1 Å². The number of nitrogens with zero attached hydrogens (tertiary/aromatic N) is 1. The Morgan fingerprint density at radius 3 is 2.62 bits per heavy atom. The van der Waals surface area contributed by atoms with Crippen molar-refractivity contribution in [3.63, 3.8) is 0 Å². The summed E-state index contributed by atoms with van der Waals surface area (Å²) in [6.45, 7) is 9.71. The largest absolute Gasteiger partial charge is 0.478 e. The third-order valence-corrected chi connectivity index (χ3v) is 2.72. The van der Waals surface area contributed by atoms with E-state index in [-0.39, 0.29) is 5.92 Å². The molecule has 1 N–H and O–H groups in total. The van der Waals surface area contributed by atoms with Gasteiger partial charge < -0.3 is 10.0 Å². The molecule has 1 unspecified atom stereocenters. The minimum atomic E-state index is -0.851. The highest BCUT2D eigenvalue weighted by Gasteiger charge is 2.28. The molecule has 1 aliphatic heterocycles. The third-order valence-electron chi connectivity index (χ3n) is 2.72. The van der Waals surface area contributed by atoms with Crippen molar-refractivity contribution in [1.82, 2.24) is 4.90 Å². The molecular formula is C10H17NO2. The number of carboxylic acid groups (broad SMARTS) is 1. The Bertz CT molecular complexity index is 223. The second-order valence-electron chi connectivity index (χ2n) is 3.90. The summed E-state index contributed by atoms with van der Waals surface area (Å²) < 4.78 is 0. The lowest BCUT2D eigenvalue weighted by atomic mass is 10.0. The van der Waals surface area contributed by atoms with Crippen LogP contribution < -0.4 is 0 Å². The van der Waals surface area contributed by atoms with Crippen molar-refractivity contribution in [1.29, 1.82) is 0 Å². The van der Waals surface area contributed by atoms with Crippen LogP contribution in [-0.4, -0.2) is 35.1 Å². The van der Waals surface area contributed by atoms with E-state index in [9.17, 15) is 4.79 Å². The van der Waals surface area contributed by atoms with Crippen molar-refractivity contribution in [2.24, 2.45) is 5.92 Å². The van der Waals surface area contributed by atoms with E-state index in [2.05, 4.69) is 25.3 Å².